The van der Waals surface area contributed by atoms with E-state index >= 15 is 0 Å². The third-order valence-corrected chi connectivity index (χ3v) is 5.86. The molecule has 3 nitrogen and oxygen atoms in total. The predicted molar refractivity (Wildman–Crippen MR) is 88.1 cm³/mol. The highest BCUT2D eigenvalue weighted by Crippen LogP contribution is 2.57. The Bertz CT molecular complexity index is 485. The van der Waals surface area contributed by atoms with Gasteiger partial charge in [0, 0.05) is 11.5 Å². The van der Waals surface area contributed by atoms with Crippen molar-refractivity contribution in [3.63, 3.8) is 0 Å². The van der Waals surface area contributed by atoms with Crippen LogP contribution in [0.4, 0.5) is 0 Å². The Hall–Kier alpha value is -1.29. The maximum Gasteiger partial charge on any atom is 0.330 e. The summed E-state index contributed by atoms with van der Waals surface area (Å²) in [5, 5.41) is 3.94. The number of esters is 1. The molecule has 1 aromatic heterocycles. The van der Waals surface area contributed by atoms with Crippen LogP contribution in [0.25, 0.3) is 0 Å². The smallest absolute Gasteiger partial charge is 0.330 e. The maximum absolute atomic E-state index is 11.4. The molecular weight excluding hydrogens is 296 g/mol. The maximum atomic E-state index is 11.4. The summed E-state index contributed by atoms with van der Waals surface area (Å²) in [6, 6.07) is 1.94. The van der Waals surface area contributed by atoms with Crippen LogP contribution in [0.3, 0.4) is 0 Å². The van der Waals surface area contributed by atoms with Crippen LogP contribution in [0, 0.1) is 17.8 Å². The van der Waals surface area contributed by atoms with Crippen molar-refractivity contribution in [2.75, 3.05) is 7.11 Å². The topological polar surface area (TPSA) is 35.5 Å². The van der Waals surface area contributed by atoms with Gasteiger partial charge in [-0.05, 0) is 67.7 Å². The van der Waals surface area contributed by atoms with Crippen molar-refractivity contribution >= 4 is 17.3 Å². The second-order valence-electron chi connectivity index (χ2n) is 6.89. The zero-order chi connectivity index (χ0) is 15.6. The van der Waals surface area contributed by atoms with E-state index in [-0.39, 0.29) is 11.6 Å². The average Bonchev–Trinajstić information content (AvgIpc) is 2.99. The molecule has 0 amide bonds. The van der Waals surface area contributed by atoms with Gasteiger partial charge in [0.15, 0.2) is 0 Å². The minimum Gasteiger partial charge on any atom is -0.496 e. The summed E-state index contributed by atoms with van der Waals surface area (Å²) in [6.07, 6.45) is 8.77. The minimum atomic E-state index is -0.225. The lowest BCUT2D eigenvalue weighted by atomic mass is 9.54. The molecule has 4 aliphatic rings. The second-order valence-corrected chi connectivity index (χ2v) is 7.67. The monoisotopic (exact) mass is 320 g/mol. The number of methoxy groups -OCH3 is 1. The van der Waals surface area contributed by atoms with Crippen LogP contribution in [-0.4, -0.2) is 18.7 Å². The number of carbonyl (C=O) groups is 1. The molecule has 0 saturated heterocycles. The predicted octanol–water partition coefficient (Wildman–Crippen LogP) is 4.44. The Morgan fingerprint density at radius 1 is 1.27 bits per heavy atom. The zero-order valence-corrected chi connectivity index (χ0v) is 13.9. The fourth-order valence-electron chi connectivity index (χ4n) is 4.78. The summed E-state index contributed by atoms with van der Waals surface area (Å²) in [6.45, 7) is 3.48. The number of thiophene rings is 1. The summed E-state index contributed by atoms with van der Waals surface area (Å²) in [5.74, 6) is 3.21. The van der Waals surface area contributed by atoms with Gasteiger partial charge in [0.25, 0.3) is 0 Å². The third kappa shape index (κ3) is 3.37. The van der Waals surface area contributed by atoms with Crippen molar-refractivity contribution < 1.29 is 14.3 Å². The Morgan fingerprint density at radius 2 is 1.86 bits per heavy atom. The van der Waals surface area contributed by atoms with Gasteiger partial charge in [-0.2, -0.15) is 0 Å². The van der Waals surface area contributed by atoms with E-state index in [0.717, 1.165) is 42.8 Å². The van der Waals surface area contributed by atoms with Crippen molar-refractivity contribution in [2.45, 2.75) is 44.1 Å². The molecule has 0 N–H and O–H groups in total. The van der Waals surface area contributed by atoms with Gasteiger partial charge in [-0.1, -0.05) is 6.58 Å². The molecular formula is C18H24O3S. The molecule has 0 radical (unpaired) electrons. The normalized spacial score (nSPS) is 34.5. The van der Waals surface area contributed by atoms with E-state index in [0.29, 0.717) is 0 Å². The van der Waals surface area contributed by atoms with Crippen molar-refractivity contribution in [1.29, 1.82) is 0 Å². The standard InChI is InChI=1S/C13H18O2.C5H6OS/c1-2-12(14)15-13-6-9-3-10(7-13)5-11(4-9)8-13;1-6-5-2-3-7-4-5/h2,9-11H,1,3-8H2;2-4H,1H3. The number of hydrogen-bond donors (Lipinski definition) is 0. The van der Waals surface area contributed by atoms with E-state index in [1.807, 2.05) is 16.8 Å². The van der Waals surface area contributed by atoms with E-state index in [2.05, 4.69) is 6.58 Å². The van der Waals surface area contributed by atoms with Crippen LogP contribution < -0.4 is 4.74 Å². The van der Waals surface area contributed by atoms with Crippen LogP contribution in [0.15, 0.2) is 29.5 Å². The van der Waals surface area contributed by atoms with E-state index in [1.54, 1.807) is 18.4 Å². The van der Waals surface area contributed by atoms with Gasteiger partial charge in [0.2, 0.25) is 0 Å². The highest BCUT2D eigenvalue weighted by Gasteiger charge is 2.52. The van der Waals surface area contributed by atoms with Gasteiger partial charge < -0.3 is 9.47 Å². The van der Waals surface area contributed by atoms with Crippen molar-refractivity contribution in [1.82, 2.24) is 0 Å². The summed E-state index contributed by atoms with van der Waals surface area (Å²) < 4.78 is 10.5. The molecule has 4 aliphatic carbocycles. The Kier molecular flexibility index (Phi) is 4.57. The zero-order valence-electron chi connectivity index (χ0n) is 13.1. The molecule has 1 aromatic rings. The first-order valence-corrected chi connectivity index (χ1v) is 8.98. The fraction of sp³-hybridized carbons (Fsp3) is 0.611. The van der Waals surface area contributed by atoms with E-state index in [4.69, 9.17) is 9.47 Å². The molecule has 4 fully saturated rings. The van der Waals surface area contributed by atoms with Crippen molar-refractivity contribution in [3.8, 4) is 5.75 Å². The number of carbonyl (C=O) groups excluding carboxylic acids is 1. The quantitative estimate of drug-likeness (QED) is 0.610. The summed E-state index contributed by atoms with van der Waals surface area (Å²) in [4.78, 5) is 11.4. The first-order valence-electron chi connectivity index (χ1n) is 8.04. The lowest BCUT2D eigenvalue weighted by Gasteiger charge is -2.55. The molecule has 0 spiro atoms. The van der Waals surface area contributed by atoms with Gasteiger partial charge in [0.1, 0.15) is 11.4 Å². The molecule has 4 bridgehead atoms. The molecule has 4 saturated carbocycles. The molecule has 0 aromatic carbocycles. The number of rotatable bonds is 3. The van der Waals surface area contributed by atoms with Gasteiger partial charge in [0.05, 0.1) is 7.11 Å². The molecule has 4 heteroatoms. The Balaban J connectivity index is 0.000000174. The molecule has 22 heavy (non-hydrogen) atoms. The molecule has 5 rings (SSSR count). The van der Waals surface area contributed by atoms with Gasteiger partial charge in [-0.25, -0.2) is 4.79 Å². The molecule has 0 unspecified atom stereocenters. The van der Waals surface area contributed by atoms with Crippen molar-refractivity contribution in [2.24, 2.45) is 17.8 Å². The SMILES string of the molecule is C=CC(=O)OC12CC3CC(CC(C3)C1)C2.COc1ccsc1. The van der Waals surface area contributed by atoms with E-state index < -0.39 is 0 Å². The summed E-state index contributed by atoms with van der Waals surface area (Å²) in [7, 11) is 1.67. The Morgan fingerprint density at radius 3 is 2.23 bits per heavy atom. The fourth-order valence-corrected chi connectivity index (χ4v) is 5.38. The lowest BCUT2D eigenvalue weighted by molar-refractivity contribution is -0.181. The summed E-state index contributed by atoms with van der Waals surface area (Å²) in [5.41, 5.74) is -0.0972. The Labute approximate surface area is 136 Å². The number of hydrogen-bond acceptors (Lipinski definition) is 4. The largest absolute Gasteiger partial charge is 0.496 e. The molecule has 0 atom stereocenters. The number of ether oxygens (including phenoxy) is 2. The van der Waals surface area contributed by atoms with Crippen LogP contribution in [0.2, 0.25) is 0 Å². The van der Waals surface area contributed by atoms with Gasteiger partial charge in [-0.15, -0.1) is 11.3 Å². The lowest BCUT2D eigenvalue weighted by Crippen LogP contribution is -2.52. The molecule has 1 heterocycles. The van der Waals surface area contributed by atoms with Gasteiger partial charge >= 0.3 is 5.97 Å². The minimum absolute atomic E-state index is 0.0972. The highest BCUT2D eigenvalue weighted by atomic mass is 32.1. The van der Waals surface area contributed by atoms with E-state index in [1.165, 1.54) is 25.3 Å². The van der Waals surface area contributed by atoms with Crippen LogP contribution in [0.5, 0.6) is 5.75 Å². The first kappa shape index (κ1) is 15.6. The molecule has 120 valence electrons. The van der Waals surface area contributed by atoms with Crippen LogP contribution in [-0.2, 0) is 9.53 Å². The molecule has 0 aliphatic heterocycles. The summed E-state index contributed by atoms with van der Waals surface area (Å²) >= 11 is 1.64. The second kappa shape index (κ2) is 6.45. The third-order valence-electron chi connectivity index (χ3n) is 5.20. The highest BCUT2D eigenvalue weighted by molar-refractivity contribution is 7.08. The first-order chi connectivity index (χ1) is 10.6. The van der Waals surface area contributed by atoms with Crippen molar-refractivity contribution in [3.05, 3.63) is 29.5 Å². The van der Waals surface area contributed by atoms with Crippen LogP contribution in [0.1, 0.15) is 38.5 Å². The average molecular weight is 320 g/mol. The van der Waals surface area contributed by atoms with Gasteiger partial charge in [-0.3, -0.25) is 0 Å². The van der Waals surface area contributed by atoms with Crippen LogP contribution >= 0.6 is 11.3 Å². The van der Waals surface area contributed by atoms with E-state index in [9.17, 15) is 4.79 Å².